The molecule has 0 bridgehead atoms. The lowest BCUT2D eigenvalue weighted by Crippen LogP contribution is -2.56. The molecule has 1 unspecified atom stereocenters. The van der Waals surface area contributed by atoms with Crippen molar-refractivity contribution in [2.24, 2.45) is 5.73 Å². The Labute approximate surface area is 129 Å². The van der Waals surface area contributed by atoms with Gasteiger partial charge in [-0.15, -0.1) is 0 Å². The molecule has 2 rings (SSSR count). The van der Waals surface area contributed by atoms with Gasteiger partial charge < -0.3 is 15.5 Å². The quantitative estimate of drug-likeness (QED) is 0.859. The van der Waals surface area contributed by atoms with E-state index in [1.807, 2.05) is 4.90 Å². The van der Waals surface area contributed by atoms with Gasteiger partial charge in [-0.05, 0) is 19.3 Å². The van der Waals surface area contributed by atoms with E-state index in [-0.39, 0.29) is 6.03 Å². The van der Waals surface area contributed by atoms with Crippen molar-refractivity contribution in [2.45, 2.75) is 51.5 Å². The Balaban J connectivity index is 1.80. The van der Waals surface area contributed by atoms with E-state index in [0.29, 0.717) is 6.04 Å². The first-order valence-electron chi connectivity index (χ1n) is 8.74. The number of rotatable bonds is 4. The largest absolute Gasteiger partial charge is 0.329 e. The molecule has 2 fully saturated rings. The van der Waals surface area contributed by atoms with Crippen LogP contribution in [0.2, 0.25) is 0 Å². The van der Waals surface area contributed by atoms with E-state index >= 15 is 0 Å². The van der Waals surface area contributed by atoms with E-state index in [1.54, 1.807) is 0 Å². The second-order valence-electron chi connectivity index (χ2n) is 6.39. The summed E-state index contributed by atoms with van der Waals surface area (Å²) in [5, 5.41) is 0. The van der Waals surface area contributed by atoms with Crippen LogP contribution in [-0.2, 0) is 0 Å². The Morgan fingerprint density at radius 1 is 0.952 bits per heavy atom. The number of hydrogen-bond donors (Lipinski definition) is 1. The monoisotopic (exact) mass is 296 g/mol. The van der Waals surface area contributed by atoms with Gasteiger partial charge in [0.1, 0.15) is 0 Å². The number of urea groups is 1. The Kier molecular flexibility index (Phi) is 6.77. The lowest BCUT2D eigenvalue weighted by atomic mass is 10.1. The number of amides is 2. The molecule has 2 aliphatic rings. The molecule has 2 saturated heterocycles. The summed E-state index contributed by atoms with van der Waals surface area (Å²) in [6.07, 6.45) is 7.21. The predicted molar refractivity (Wildman–Crippen MR) is 86.3 cm³/mol. The highest BCUT2D eigenvalue weighted by Crippen LogP contribution is 2.15. The number of carbonyl (C=O) groups excluding carboxylic acids is 1. The molecule has 0 radical (unpaired) electrons. The zero-order valence-corrected chi connectivity index (χ0v) is 13.6. The van der Waals surface area contributed by atoms with Crippen LogP contribution in [0.1, 0.15) is 45.4 Å². The summed E-state index contributed by atoms with van der Waals surface area (Å²) in [4.78, 5) is 19.2. The third-order valence-electron chi connectivity index (χ3n) is 4.87. The third kappa shape index (κ3) is 4.58. The molecule has 5 heteroatoms. The average molecular weight is 296 g/mol. The summed E-state index contributed by atoms with van der Waals surface area (Å²) in [7, 11) is 0. The Morgan fingerprint density at radius 3 is 2.05 bits per heavy atom. The van der Waals surface area contributed by atoms with Crippen LogP contribution in [0.5, 0.6) is 0 Å². The maximum Gasteiger partial charge on any atom is 0.320 e. The summed E-state index contributed by atoms with van der Waals surface area (Å²) < 4.78 is 0. The van der Waals surface area contributed by atoms with Crippen LogP contribution >= 0.6 is 0 Å². The molecule has 1 atom stereocenters. The molecule has 2 amide bonds. The van der Waals surface area contributed by atoms with Gasteiger partial charge in [0.25, 0.3) is 0 Å². The second-order valence-corrected chi connectivity index (χ2v) is 6.39. The number of hydrogen-bond acceptors (Lipinski definition) is 3. The first kappa shape index (κ1) is 16.6. The third-order valence-corrected chi connectivity index (χ3v) is 4.87. The highest BCUT2D eigenvalue weighted by atomic mass is 16.2. The van der Waals surface area contributed by atoms with Gasteiger partial charge in [0.15, 0.2) is 0 Å². The highest BCUT2D eigenvalue weighted by molar-refractivity contribution is 5.74. The topological polar surface area (TPSA) is 52.8 Å². The van der Waals surface area contributed by atoms with Gasteiger partial charge in [0.2, 0.25) is 0 Å². The molecule has 0 saturated carbocycles. The minimum Gasteiger partial charge on any atom is -0.329 e. The fraction of sp³-hybridized carbons (Fsp3) is 0.938. The zero-order valence-electron chi connectivity index (χ0n) is 13.6. The minimum absolute atomic E-state index is 0.260. The molecule has 2 heterocycles. The lowest BCUT2D eigenvalue weighted by Gasteiger charge is -2.40. The van der Waals surface area contributed by atoms with E-state index in [9.17, 15) is 4.79 Å². The van der Waals surface area contributed by atoms with E-state index in [1.165, 1.54) is 19.3 Å². The molecule has 0 aromatic heterocycles. The summed E-state index contributed by atoms with van der Waals surface area (Å²) in [5.41, 5.74) is 5.89. The van der Waals surface area contributed by atoms with Crippen molar-refractivity contribution in [2.75, 3.05) is 45.8 Å². The number of likely N-dealkylation sites (tertiary alicyclic amines) is 1. The normalized spacial score (nSPS) is 23.0. The van der Waals surface area contributed by atoms with Crippen molar-refractivity contribution >= 4 is 6.03 Å². The van der Waals surface area contributed by atoms with Crippen molar-refractivity contribution in [3.8, 4) is 0 Å². The van der Waals surface area contributed by atoms with E-state index in [4.69, 9.17) is 5.73 Å². The van der Waals surface area contributed by atoms with Crippen LogP contribution in [0.15, 0.2) is 0 Å². The van der Waals surface area contributed by atoms with Crippen LogP contribution in [0.3, 0.4) is 0 Å². The Morgan fingerprint density at radius 2 is 1.52 bits per heavy atom. The molecule has 0 aromatic rings. The maximum absolute atomic E-state index is 12.6. The molecule has 5 nitrogen and oxygen atoms in total. The molecule has 2 N–H and O–H groups in total. The highest BCUT2D eigenvalue weighted by Gasteiger charge is 2.27. The Bertz CT molecular complexity index is 307. The van der Waals surface area contributed by atoms with Crippen molar-refractivity contribution in [3.05, 3.63) is 0 Å². The molecule has 122 valence electrons. The van der Waals surface area contributed by atoms with Crippen molar-refractivity contribution in [1.82, 2.24) is 14.7 Å². The molecule has 0 aliphatic carbocycles. The smallest absolute Gasteiger partial charge is 0.320 e. The predicted octanol–water partition coefficient (Wildman–Crippen LogP) is 1.73. The van der Waals surface area contributed by atoms with Crippen LogP contribution < -0.4 is 5.73 Å². The van der Waals surface area contributed by atoms with Gasteiger partial charge in [-0.1, -0.05) is 26.2 Å². The van der Waals surface area contributed by atoms with E-state index < -0.39 is 0 Å². The fourth-order valence-corrected chi connectivity index (χ4v) is 3.52. The number of nitrogens with two attached hydrogens (primary N) is 1. The minimum atomic E-state index is 0.260. The molecule has 0 aromatic carbocycles. The SMILES string of the molecule is CCCC(CN)N1CCN(C(=O)N2CCCCCC2)CC1. The Hall–Kier alpha value is -0.810. The fourth-order valence-electron chi connectivity index (χ4n) is 3.52. The molecular weight excluding hydrogens is 264 g/mol. The van der Waals surface area contributed by atoms with E-state index in [0.717, 1.165) is 65.1 Å². The molecule has 2 aliphatic heterocycles. The van der Waals surface area contributed by atoms with Crippen molar-refractivity contribution < 1.29 is 4.79 Å². The molecular formula is C16H32N4O. The number of piperazine rings is 1. The van der Waals surface area contributed by atoms with E-state index in [2.05, 4.69) is 16.7 Å². The first-order valence-corrected chi connectivity index (χ1v) is 8.74. The number of carbonyl (C=O) groups is 1. The van der Waals surface area contributed by atoms with Crippen molar-refractivity contribution in [1.29, 1.82) is 0 Å². The van der Waals surface area contributed by atoms with Gasteiger partial charge >= 0.3 is 6.03 Å². The van der Waals surface area contributed by atoms with Crippen LogP contribution in [0.4, 0.5) is 4.79 Å². The van der Waals surface area contributed by atoms with Crippen LogP contribution in [0.25, 0.3) is 0 Å². The summed E-state index contributed by atoms with van der Waals surface area (Å²) in [5.74, 6) is 0. The second kappa shape index (κ2) is 8.59. The molecule has 0 spiro atoms. The zero-order chi connectivity index (χ0) is 15.1. The van der Waals surface area contributed by atoms with Crippen molar-refractivity contribution in [3.63, 3.8) is 0 Å². The molecule has 21 heavy (non-hydrogen) atoms. The van der Waals surface area contributed by atoms with Gasteiger partial charge in [-0.3, -0.25) is 4.90 Å². The summed E-state index contributed by atoms with van der Waals surface area (Å²) in [6.45, 7) is 8.49. The van der Waals surface area contributed by atoms with Crippen LogP contribution in [0, 0.1) is 0 Å². The maximum atomic E-state index is 12.6. The average Bonchev–Trinajstić information content (AvgIpc) is 2.81. The standard InChI is InChI=1S/C16H32N4O/c1-2-7-15(14-17)18-10-12-20(13-11-18)16(21)19-8-5-3-4-6-9-19/h15H,2-14,17H2,1H3. The van der Waals surface area contributed by atoms with Gasteiger partial charge in [-0.2, -0.15) is 0 Å². The first-order chi connectivity index (χ1) is 10.3. The number of nitrogens with zero attached hydrogens (tertiary/aromatic N) is 3. The van der Waals surface area contributed by atoms with Crippen LogP contribution in [-0.4, -0.2) is 72.6 Å². The lowest BCUT2D eigenvalue weighted by molar-refractivity contribution is 0.0901. The van der Waals surface area contributed by atoms with Gasteiger partial charge in [0.05, 0.1) is 0 Å². The summed E-state index contributed by atoms with van der Waals surface area (Å²) >= 11 is 0. The van der Waals surface area contributed by atoms with Gasteiger partial charge in [0, 0.05) is 51.9 Å². The summed E-state index contributed by atoms with van der Waals surface area (Å²) in [6, 6.07) is 0.752. The van der Waals surface area contributed by atoms with Gasteiger partial charge in [-0.25, -0.2) is 4.79 Å².